The van der Waals surface area contributed by atoms with Gasteiger partial charge >= 0.3 is 12.1 Å². The van der Waals surface area contributed by atoms with Crippen molar-refractivity contribution in [3.8, 4) is 16.9 Å². The Labute approximate surface area is 256 Å². The molecule has 3 aromatic rings. The first-order valence-corrected chi connectivity index (χ1v) is 15.0. The molecule has 4 rings (SSSR count). The maximum atomic E-state index is 13.5. The molecule has 0 bridgehead atoms. The normalized spacial score (nSPS) is 15.3. The molecule has 242 valence electrons. The highest BCUT2D eigenvalue weighted by Crippen LogP contribution is 2.33. The number of ether oxygens (including phenoxy) is 1. The first-order chi connectivity index (χ1) is 20.8. The second-order valence-electron chi connectivity index (χ2n) is 11.4. The highest BCUT2D eigenvalue weighted by atomic mass is 32.2. The molecule has 13 nitrogen and oxygen atoms in total. The predicted octanol–water partition coefficient (Wildman–Crippen LogP) is 4.35. The summed E-state index contributed by atoms with van der Waals surface area (Å²) >= 11 is 0. The van der Waals surface area contributed by atoms with Crippen molar-refractivity contribution in [3.63, 3.8) is 0 Å². The minimum absolute atomic E-state index is 0.0583. The van der Waals surface area contributed by atoms with E-state index in [2.05, 4.69) is 10.4 Å². The summed E-state index contributed by atoms with van der Waals surface area (Å²) in [5, 5.41) is 20.1. The number of aryl methyl sites for hydroxylation is 1. The van der Waals surface area contributed by atoms with Crippen LogP contribution in [0.3, 0.4) is 0 Å². The molecule has 1 amide bonds. The van der Waals surface area contributed by atoms with E-state index in [4.69, 9.17) is 9.57 Å². The standard InChI is InChI=1S/C28H31F3N6O7S/c1-17-6-8-19(9-7-17)23-14-24(28(29,30)31)32-36(23)21-10-12-22(13-11-21)45(41,42)33-25(38)20-15-35(16-20)37(40)34-44-18(2)43-26(39)27(3,4)5/h6-14,18,20H,15-16H2,1-5H3,(H,33,38)/b37-34-. The number of carbonyl (C=O) groups is 2. The Hall–Kier alpha value is -4.67. The number of carbonyl (C=O) groups excluding carboxylic acids is 2. The Bertz CT molecular complexity index is 1690. The van der Waals surface area contributed by atoms with E-state index in [1.165, 1.54) is 19.1 Å². The monoisotopic (exact) mass is 652 g/mol. The van der Waals surface area contributed by atoms with Crippen LogP contribution in [0.5, 0.6) is 0 Å². The minimum atomic E-state index is -4.71. The van der Waals surface area contributed by atoms with E-state index in [0.717, 1.165) is 33.5 Å². The van der Waals surface area contributed by atoms with Gasteiger partial charge in [-0.25, -0.2) is 17.8 Å². The molecule has 0 aliphatic carbocycles. The summed E-state index contributed by atoms with van der Waals surface area (Å²) in [6.45, 7) is 7.77. The molecule has 0 spiro atoms. The number of hydrazine groups is 1. The van der Waals surface area contributed by atoms with Crippen LogP contribution in [0.15, 0.2) is 64.8 Å². The second-order valence-corrected chi connectivity index (χ2v) is 13.1. The maximum Gasteiger partial charge on any atom is 0.435 e. The average molecular weight is 653 g/mol. The number of benzene rings is 2. The Morgan fingerprint density at radius 1 is 1.09 bits per heavy atom. The van der Waals surface area contributed by atoms with Crippen molar-refractivity contribution in [1.82, 2.24) is 19.5 Å². The molecule has 45 heavy (non-hydrogen) atoms. The number of halogens is 3. The van der Waals surface area contributed by atoms with Gasteiger partial charge in [0.15, 0.2) is 5.69 Å². The van der Waals surface area contributed by atoms with Crippen molar-refractivity contribution in [2.45, 2.75) is 52.0 Å². The quantitative estimate of drug-likeness (QED) is 0.117. The number of nitrogens with one attached hydrogen (secondary N) is 1. The van der Waals surface area contributed by atoms with Gasteiger partial charge < -0.3 is 9.94 Å². The van der Waals surface area contributed by atoms with Crippen LogP contribution in [0.25, 0.3) is 16.9 Å². The van der Waals surface area contributed by atoms with Gasteiger partial charge in [0, 0.05) is 12.5 Å². The van der Waals surface area contributed by atoms with Gasteiger partial charge in [-0.05, 0) is 58.0 Å². The zero-order valence-electron chi connectivity index (χ0n) is 24.9. The highest BCUT2D eigenvalue weighted by molar-refractivity contribution is 7.90. The molecular formula is C28H31F3N6O7S. The summed E-state index contributed by atoms with van der Waals surface area (Å²) in [5.74, 6) is -2.31. The number of amides is 1. The molecule has 1 N–H and O–H groups in total. The van der Waals surface area contributed by atoms with Crippen molar-refractivity contribution in [1.29, 1.82) is 0 Å². The number of hydrogen-bond acceptors (Lipinski definition) is 9. The van der Waals surface area contributed by atoms with Crippen molar-refractivity contribution in [2.24, 2.45) is 16.6 Å². The lowest BCUT2D eigenvalue weighted by atomic mass is 9.97. The molecule has 2 aromatic carbocycles. The summed E-state index contributed by atoms with van der Waals surface area (Å²) in [7, 11) is -4.36. The predicted molar refractivity (Wildman–Crippen MR) is 151 cm³/mol. The summed E-state index contributed by atoms with van der Waals surface area (Å²) < 4.78 is 74.2. The summed E-state index contributed by atoms with van der Waals surface area (Å²) in [6.07, 6.45) is -5.86. The minimum Gasteiger partial charge on any atom is -0.569 e. The number of aromatic nitrogens is 2. The van der Waals surface area contributed by atoms with E-state index in [-0.39, 0.29) is 34.3 Å². The molecule has 1 unspecified atom stereocenters. The van der Waals surface area contributed by atoms with E-state index < -0.39 is 51.4 Å². The van der Waals surface area contributed by atoms with Gasteiger partial charge in [-0.1, -0.05) is 29.8 Å². The number of alkyl halides is 3. The molecule has 1 aliphatic heterocycles. The fourth-order valence-corrected chi connectivity index (χ4v) is 5.00. The lowest BCUT2D eigenvalue weighted by molar-refractivity contribution is -0.727. The molecule has 0 radical (unpaired) electrons. The maximum absolute atomic E-state index is 13.5. The van der Waals surface area contributed by atoms with Crippen LogP contribution in [0.4, 0.5) is 13.2 Å². The summed E-state index contributed by atoms with van der Waals surface area (Å²) in [4.78, 5) is 29.1. The SMILES string of the molecule is Cc1ccc(-c2cc(C(F)(F)F)nn2-c2ccc(S(=O)(=O)NC(=O)C3CN(/[N+]([O-])=N/OC(C)OC(=O)C(C)(C)C)C3)cc2)cc1. The van der Waals surface area contributed by atoms with Gasteiger partial charge in [-0.15, -0.1) is 5.01 Å². The van der Waals surface area contributed by atoms with Crippen LogP contribution in [0.2, 0.25) is 0 Å². The van der Waals surface area contributed by atoms with E-state index in [1.807, 2.05) is 11.6 Å². The zero-order chi connectivity index (χ0) is 33.3. The molecule has 1 aliphatic rings. The number of nitrogens with zero attached hydrogens (tertiary/aromatic N) is 5. The smallest absolute Gasteiger partial charge is 0.435 e. The first kappa shape index (κ1) is 33.2. The van der Waals surface area contributed by atoms with E-state index >= 15 is 0 Å². The van der Waals surface area contributed by atoms with Gasteiger partial charge in [0.05, 0.1) is 45.7 Å². The van der Waals surface area contributed by atoms with Crippen LogP contribution >= 0.6 is 0 Å². The number of sulfonamides is 1. The van der Waals surface area contributed by atoms with Crippen LogP contribution < -0.4 is 4.72 Å². The van der Waals surface area contributed by atoms with Crippen molar-refractivity contribution >= 4 is 21.9 Å². The van der Waals surface area contributed by atoms with Crippen LogP contribution in [0, 0.1) is 23.5 Å². The van der Waals surface area contributed by atoms with Crippen LogP contribution in [-0.4, -0.2) is 59.4 Å². The Morgan fingerprint density at radius 2 is 1.69 bits per heavy atom. The van der Waals surface area contributed by atoms with E-state index in [0.29, 0.717) is 5.56 Å². The Kier molecular flexibility index (Phi) is 9.14. The van der Waals surface area contributed by atoms with Crippen molar-refractivity contribution < 1.29 is 45.7 Å². The zero-order valence-corrected chi connectivity index (χ0v) is 25.7. The van der Waals surface area contributed by atoms with Gasteiger partial charge in [0.2, 0.25) is 11.2 Å². The molecule has 17 heteroatoms. The van der Waals surface area contributed by atoms with E-state index in [1.54, 1.807) is 45.0 Å². The lowest BCUT2D eigenvalue weighted by Crippen LogP contribution is -2.56. The number of hydrogen-bond donors (Lipinski definition) is 1. The van der Waals surface area contributed by atoms with Gasteiger partial charge in [0.1, 0.15) is 0 Å². The number of rotatable bonds is 9. The Morgan fingerprint density at radius 3 is 2.24 bits per heavy atom. The number of esters is 1. The van der Waals surface area contributed by atoms with Crippen LogP contribution in [0.1, 0.15) is 39.0 Å². The average Bonchev–Trinajstić information content (AvgIpc) is 3.37. The third-order valence-corrected chi connectivity index (χ3v) is 7.96. The Balaban J connectivity index is 1.39. The molecule has 1 aromatic heterocycles. The fraction of sp³-hybridized carbons (Fsp3) is 0.393. The van der Waals surface area contributed by atoms with Crippen molar-refractivity contribution in [2.75, 3.05) is 13.1 Å². The second kappa shape index (κ2) is 12.4. The molecular weight excluding hydrogens is 621 g/mol. The third kappa shape index (κ3) is 7.89. The van der Waals surface area contributed by atoms with Crippen molar-refractivity contribution in [3.05, 3.63) is 71.1 Å². The first-order valence-electron chi connectivity index (χ1n) is 13.6. The fourth-order valence-electron chi connectivity index (χ4n) is 3.96. The summed E-state index contributed by atoms with van der Waals surface area (Å²) in [6, 6.07) is 12.5. The molecule has 1 fully saturated rings. The van der Waals surface area contributed by atoms with Crippen LogP contribution in [-0.2, 0) is 35.4 Å². The third-order valence-electron chi connectivity index (χ3n) is 6.60. The van der Waals surface area contributed by atoms with Gasteiger partial charge in [-0.3, -0.25) is 14.4 Å². The largest absolute Gasteiger partial charge is 0.569 e. The van der Waals surface area contributed by atoms with E-state index in [9.17, 15) is 36.4 Å². The molecule has 0 saturated carbocycles. The molecule has 2 heterocycles. The lowest BCUT2D eigenvalue weighted by Gasteiger charge is -2.32. The summed E-state index contributed by atoms with van der Waals surface area (Å²) in [5.41, 5.74) is -0.230. The highest BCUT2D eigenvalue weighted by Gasteiger charge is 2.40. The molecule has 1 saturated heterocycles. The van der Waals surface area contributed by atoms with Gasteiger partial charge in [0.25, 0.3) is 16.3 Å². The van der Waals surface area contributed by atoms with Gasteiger partial charge in [-0.2, -0.15) is 18.3 Å². The molecule has 1 atom stereocenters. The topological polar surface area (TPSA) is 158 Å².